The lowest BCUT2D eigenvalue weighted by Crippen LogP contribution is -2.52. The maximum atomic E-state index is 12.3. The molecule has 1 aromatic carbocycles. The highest BCUT2D eigenvalue weighted by molar-refractivity contribution is 6.45. The largest absolute Gasteiger partial charge is 0.395 e. The minimum absolute atomic E-state index is 0.0283. The predicted octanol–water partition coefficient (Wildman–Crippen LogP) is 5.33. The van der Waals surface area contributed by atoms with Gasteiger partial charge in [-0.3, -0.25) is 19.5 Å². The maximum absolute atomic E-state index is 12.3. The first-order valence-corrected chi connectivity index (χ1v) is 16.3. The van der Waals surface area contributed by atoms with E-state index in [4.69, 9.17) is 33.0 Å². The monoisotopic (exact) mass is 645 g/mol. The van der Waals surface area contributed by atoms with Crippen LogP contribution in [0.5, 0.6) is 0 Å². The second kappa shape index (κ2) is 13.8. The lowest BCUT2D eigenvalue weighted by molar-refractivity contribution is -0.127. The van der Waals surface area contributed by atoms with Crippen LogP contribution in [0.15, 0.2) is 24.9 Å². The van der Waals surface area contributed by atoms with Gasteiger partial charge in [-0.2, -0.15) is 10.2 Å². The van der Waals surface area contributed by atoms with Gasteiger partial charge in [0.2, 0.25) is 5.91 Å². The van der Waals surface area contributed by atoms with Gasteiger partial charge in [0.05, 0.1) is 41.0 Å². The molecule has 4 heterocycles. The Labute approximate surface area is 269 Å². The van der Waals surface area contributed by atoms with Gasteiger partial charge in [0.1, 0.15) is 0 Å². The summed E-state index contributed by atoms with van der Waals surface area (Å²) in [5, 5.41) is 24.2. The molecule has 0 aliphatic carbocycles. The summed E-state index contributed by atoms with van der Waals surface area (Å²) in [7, 11) is 1.71. The summed E-state index contributed by atoms with van der Waals surface area (Å²) in [6, 6.07) is 1.96. The number of nitrogens with one attached hydrogen (secondary N) is 1. The number of rotatable bonds is 11. The molecule has 3 aromatic rings. The van der Waals surface area contributed by atoms with Crippen LogP contribution >= 0.6 is 23.2 Å². The van der Waals surface area contributed by atoms with Gasteiger partial charge in [-0.15, -0.1) is 0 Å². The highest BCUT2D eigenvalue weighted by atomic mass is 35.5. The third-order valence-corrected chi connectivity index (χ3v) is 10.2. The van der Waals surface area contributed by atoms with Crippen LogP contribution in [0.3, 0.4) is 0 Å². The number of amides is 1. The molecule has 0 bridgehead atoms. The van der Waals surface area contributed by atoms with E-state index in [1.165, 1.54) is 6.08 Å². The average Bonchev–Trinajstić information content (AvgIpc) is 3.60. The number of fused-ring (bicyclic) bond motifs is 1. The Morgan fingerprint density at radius 1 is 1.23 bits per heavy atom. The number of aliphatic hydroxyl groups is 1. The number of benzene rings is 1. The third-order valence-electron chi connectivity index (χ3n) is 9.40. The first kappa shape index (κ1) is 32.8. The van der Waals surface area contributed by atoms with E-state index in [2.05, 4.69) is 52.0 Å². The Balaban J connectivity index is 1.53. The number of H-pyrrole nitrogens is 1. The number of aromatic nitrogens is 4. The Kier molecular flexibility index (Phi) is 10.3. The summed E-state index contributed by atoms with van der Waals surface area (Å²) < 4.78 is 7.47. The lowest BCUT2D eigenvalue weighted by atomic mass is 9.82. The summed E-state index contributed by atoms with van der Waals surface area (Å²) in [6.45, 7) is 15.6. The number of aromatic amines is 1. The molecule has 0 unspecified atom stereocenters. The molecule has 0 saturated carbocycles. The van der Waals surface area contributed by atoms with E-state index in [0.717, 1.165) is 78.9 Å². The SMILES string of the molecule is C=CC(=O)N1CCC(n2nc(N3CC[C@@H](CN(CCO)CCOC)CC3(C)C)c(-c3c(Cl)c(Cl)cc4[nH]ncc34)c2C)CC1. The quantitative estimate of drug-likeness (QED) is 0.272. The van der Waals surface area contributed by atoms with E-state index in [-0.39, 0.29) is 24.1 Å². The maximum Gasteiger partial charge on any atom is 0.245 e. The topological polar surface area (TPSA) is 103 Å². The van der Waals surface area contributed by atoms with Gasteiger partial charge in [0.25, 0.3) is 0 Å². The van der Waals surface area contributed by atoms with Crippen LogP contribution < -0.4 is 4.90 Å². The van der Waals surface area contributed by atoms with Gasteiger partial charge in [-0.05, 0) is 64.5 Å². The summed E-state index contributed by atoms with van der Waals surface area (Å²) >= 11 is 13.7. The van der Waals surface area contributed by atoms with E-state index in [1.54, 1.807) is 13.3 Å². The van der Waals surface area contributed by atoms with Crippen molar-refractivity contribution in [2.24, 2.45) is 5.92 Å². The predicted molar refractivity (Wildman–Crippen MR) is 177 cm³/mol. The molecule has 2 aromatic heterocycles. The number of carbonyl (C=O) groups is 1. The zero-order chi connectivity index (χ0) is 31.6. The lowest BCUT2D eigenvalue weighted by Gasteiger charge is -2.47. The first-order valence-electron chi connectivity index (χ1n) is 15.5. The van der Waals surface area contributed by atoms with Crippen molar-refractivity contribution in [3.8, 4) is 11.1 Å². The van der Waals surface area contributed by atoms with Crippen LogP contribution in [0.2, 0.25) is 10.0 Å². The molecule has 2 fully saturated rings. The average molecular weight is 647 g/mol. The number of likely N-dealkylation sites (tertiary alicyclic amines) is 1. The fourth-order valence-electron chi connectivity index (χ4n) is 7.18. The van der Waals surface area contributed by atoms with Crippen LogP contribution in [0.25, 0.3) is 22.0 Å². The number of ether oxygens (including phenoxy) is 1. The summed E-state index contributed by atoms with van der Waals surface area (Å²) in [4.78, 5) is 18.9. The van der Waals surface area contributed by atoms with Crippen LogP contribution in [0.1, 0.15) is 51.3 Å². The van der Waals surface area contributed by atoms with Gasteiger partial charge in [-0.1, -0.05) is 29.8 Å². The fourth-order valence-corrected chi connectivity index (χ4v) is 7.64. The molecule has 0 radical (unpaired) electrons. The second-order valence-corrected chi connectivity index (χ2v) is 13.5. The first-order chi connectivity index (χ1) is 21.1. The number of halogens is 2. The normalized spacial score (nSPS) is 19.3. The van der Waals surface area contributed by atoms with Gasteiger partial charge in [-0.25, -0.2) is 0 Å². The Morgan fingerprint density at radius 2 is 1.98 bits per heavy atom. The Morgan fingerprint density at radius 3 is 2.64 bits per heavy atom. The number of hydrogen-bond acceptors (Lipinski definition) is 7. The van der Waals surface area contributed by atoms with Gasteiger partial charge >= 0.3 is 0 Å². The zero-order valence-corrected chi connectivity index (χ0v) is 27.8. The van der Waals surface area contributed by atoms with E-state index in [1.807, 2.05) is 11.0 Å². The fraction of sp³-hybridized carbons (Fsp3) is 0.594. The standard InChI is InChI=1S/C32H45Cl2N7O3/c1-6-27(43)39-10-8-23(9-11-39)41-21(2)28(29-24-19-35-36-26(24)17-25(33)30(29)34)31(37-41)40-12-7-22(18-32(40,3)4)20-38(13-15-42)14-16-44-5/h6,17,19,22-23,42H,1,7-16,18,20H2,2-5H3,(H,35,36)/t22-/m1/s1. The highest BCUT2D eigenvalue weighted by Crippen LogP contribution is 2.48. The minimum atomic E-state index is -0.199. The number of hydrogen-bond donors (Lipinski definition) is 2. The van der Waals surface area contributed by atoms with E-state index in [0.29, 0.717) is 42.2 Å². The van der Waals surface area contributed by atoms with Crippen molar-refractivity contribution < 1.29 is 14.6 Å². The van der Waals surface area contributed by atoms with Crippen molar-refractivity contribution in [2.75, 3.05) is 64.5 Å². The van der Waals surface area contributed by atoms with E-state index in [9.17, 15) is 9.90 Å². The van der Waals surface area contributed by atoms with Crippen molar-refractivity contribution in [1.29, 1.82) is 0 Å². The minimum Gasteiger partial charge on any atom is -0.395 e. The van der Waals surface area contributed by atoms with Crippen LogP contribution in [0.4, 0.5) is 5.82 Å². The number of methoxy groups -OCH3 is 1. The molecule has 1 amide bonds. The molecule has 10 nitrogen and oxygen atoms in total. The number of nitrogens with zero attached hydrogens (tertiary/aromatic N) is 6. The second-order valence-electron chi connectivity index (χ2n) is 12.7. The van der Waals surface area contributed by atoms with E-state index >= 15 is 0 Å². The zero-order valence-electron chi connectivity index (χ0n) is 26.3. The van der Waals surface area contributed by atoms with Gasteiger partial charge < -0.3 is 19.6 Å². The number of anilines is 1. The molecule has 5 rings (SSSR count). The van der Waals surface area contributed by atoms with Crippen LogP contribution in [0, 0.1) is 12.8 Å². The molecule has 44 heavy (non-hydrogen) atoms. The van der Waals surface area contributed by atoms with Crippen LogP contribution in [-0.2, 0) is 9.53 Å². The molecule has 2 aliphatic rings. The van der Waals surface area contributed by atoms with Crippen molar-refractivity contribution in [1.82, 2.24) is 29.8 Å². The smallest absolute Gasteiger partial charge is 0.245 e. The molecule has 240 valence electrons. The van der Waals surface area contributed by atoms with Crippen molar-refractivity contribution in [3.05, 3.63) is 40.7 Å². The summed E-state index contributed by atoms with van der Waals surface area (Å²) in [5.74, 6) is 1.34. The summed E-state index contributed by atoms with van der Waals surface area (Å²) in [6.07, 6.45) is 6.77. The highest BCUT2D eigenvalue weighted by Gasteiger charge is 2.40. The third kappa shape index (κ3) is 6.51. The van der Waals surface area contributed by atoms with Crippen LogP contribution in [-0.4, -0.2) is 106 Å². The molecule has 1 atom stereocenters. The molecule has 2 saturated heterocycles. The van der Waals surface area contributed by atoms with Crippen molar-refractivity contribution in [2.45, 2.75) is 58.0 Å². The molecule has 2 aliphatic heterocycles. The molecule has 2 N–H and O–H groups in total. The number of piperidine rings is 2. The van der Waals surface area contributed by atoms with Gasteiger partial charge in [0, 0.05) is 74.1 Å². The molecule has 12 heteroatoms. The van der Waals surface area contributed by atoms with E-state index < -0.39 is 0 Å². The van der Waals surface area contributed by atoms with Gasteiger partial charge in [0.15, 0.2) is 5.82 Å². The Bertz CT molecular complexity index is 1480. The Hall–Kier alpha value is -2.63. The van der Waals surface area contributed by atoms with Crippen molar-refractivity contribution in [3.63, 3.8) is 0 Å². The molecular formula is C32H45Cl2N7O3. The van der Waals surface area contributed by atoms with Crippen molar-refractivity contribution >= 4 is 45.8 Å². The number of carbonyl (C=O) groups excluding carboxylic acids is 1. The molecule has 0 spiro atoms. The number of aliphatic hydroxyl groups excluding tert-OH is 1. The summed E-state index contributed by atoms with van der Waals surface area (Å²) in [5.41, 5.74) is 3.46. The molecular weight excluding hydrogens is 601 g/mol.